The van der Waals surface area contributed by atoms with E-state index in [2.05, 4.69) is 20.3 Å². The van der Waals surface area contributed by atoms with Crippen LogP contribution in [0, 0.1) is 5.82 Å². The van der Waals surface area contributed by atoms with Crippen LogP contribution in [0.25, 0.3) is 33.8 Å². The summed E-state index contributed by atoms with van der Waals surface area (Å²) in [7, 11) is 1.62. The van der Waals surface area contributed by atoms with Crippen molar-refractivity contribution >= 4 is 16.7 Å². The van der Waals surface area contributed by atoms with Gasteiger partial charge in [-0.05, 0) is 36.4 Å². The van der Waals surface area contributed by atoms with Crippen molar-refractivity contribution in [1.82, 2.24) is 29.4 Å². The third-order valence-electron chi connectivity index (χ3n) is 4.40. The standard InChI is InChI=1S/C19H13FN6O/c1-27-16-5-3-2-4-14(16)18-23-24-19-15-10-22-26(17(15)21-11-25(18)19)13-8-6-12(20)7-9-13/h2-11H,1H3. The van der Waals surface area contributed by atoms with E-state index in [-0.39, 0.29) is 5.82 Å². The van der Waals surface area contributed by atoms with Crippen LogP contribution < -0.4 is 4.74 Å². The van der Waals surface area contributed by atoms with E-state index in [1.807, 2.05) is 24.3 Å². The minimum Gasteiger partial charge on any atom is -0.496 e. The number of hydrogen-bond acceptors (Lipinski definition) is 5. The van der Waals surface area contributed by atoms with Gasteiger partial charge in [-0.2, -0.15) is 5.10 Å². The van der Waals surface area contributed by atoms with Gasteiger partial charge in [-0.15, -0.1) is 10.2 Å². The second-order valence-electron chi connectivity index (χ2n) is 5.93. The van der Waals surface area contributed by atoms with Crippen LogP contribution in [0.1, 0.15) is 0 Å². The highest BCUT2D eigenvalue weighted by Gasteiger charge is 2.17. The van der Waals surface area contributed by atoms with Crippen molar-refractivity contribution in [2.75, 3.05) is 7.11 Å². The lowest BCUT2D eigenvalue weighted by Gasteiger charge is -2.06. The van der Waals surface area contributed by atoms with Gasteiger partial charge in [0.2, 0.25) is 0 Å². The fraction of sp³-hybridized carbons (Fsp3) is 0.0526. The molecule has 0 amide bonds. The average Bonchev–Trinajstić information content (AvgIpc) is 3.32. The van der Waals surface area contributed by atoms with Crippen molar-refractivity contribution in [3.05, 3.63) is 66.9 Å². The van der Waals surface area contributed by atoms with Gasteiger partial charge in [0.15, 0.2) is 17.1 Å². The zero-order valence-electron chi connectivity index (χ0n) is 14.2. The number of ether oxygens (including phenoxy) is 1. The van der Waals surface area contributed by atoms with Crippen molar-refractivity contribution < 1.29 is 9.13 Å². The van der Waals surface area contributed by atoms with Crippen molar-refractivity contribution in [2.45, 2.75) is 0 Å². The fourth-order valence-electron chi connectivity index (χ4n) is 3.11. The van der Waals surface area contributed by atoms with E-state index in [4.69, 9.17) is 4.74 Å². The Morgan fingerprint density at radius 3 is 2.59 bits per heavy atom. The Kier molecular flexibility index (Phi) is 3.36. The molecule has 0 saturated carbocycles. The van der Waals surface area contributed by atoms with Crippen LogP contribution in [0.4, 0.5) is 4.39 Å². The minimum atomic E-state index is -0.301. The highest BCUT2D eigenvalue weighted by molar-refractivity contribution is 5.90. The van der Waals surface area contributed by atoms with Gasteiger partial charge >= 0.3 is 0 Å². The second kappa shape index (κ2) is 5.87. The molecular weight excluding hydrogens is 347 g/mol. The highest BCUT2D eigenvalue weighted by atomic mass is 19.1. The number of para-hydroxylation sites is 1. The monoisotopic (exact) mass is 360 g/mol. The van der Waals surface area contributed by atoms with Crippen LogP contribution in [-0.4, -0.2) is 36.5 Å². The van der Waals surface area contributed by atoms with E-state index in [0.717, 1.165) is 10.9 Å². The molecule has 0 N–H and O–H groups in total. The molecule has 0 aliphatic heterocycles. The maximum atomic E-state index is 13.2. The molecule has 132 valence electrons. The van der Waals surface area contributed by atoms with Crippen LogP contribution >= 0.6 is 0 Å². The van der Waals surface area contributed by atoms with Crippen LogP contribution in [0.15, 0.2) is 61.1 Å². The van der Waals surface area contributed by atoms with Crippen molar-refractivity contribution in [2.24, 2.45) is 0 Å². The van der Waals surface area contributed by atoms with Crippen LogP contribution in [-0.2, 0) is 0 Å². The molecule has 5 aromatic rings. The van der Waals surface area contributed by atoms with Gasteiger partial charge in [-0.1, -0.05) is 12.1 Å². The Labute approximate surface area is 152 Å². The number of benzene rings is 2. The Morgan fingerprint density at radius 2 is 1.78 bits per heavy atom. The van der Waals surface area contributed by atoms with E-state index in [0.29, 0.717) is 28.6 Å². The number of methoxy groups -OCH3 is 1. The molecular formula is C19H13FN6O. The zero-order chi connectivity index (χ0) is 18.4. The van der Waals surface area contributed by atoms with E-state index in [1.54, 1.807) is 40.8 Å². The first kappa shape index (κ1) is 15.4. The number of fused-ring (bicyclic) bond motifs is 3. The molecule has 27 heavy (non-hydrogen) atoms. The minimum absolute atomic E-state index is 0.301. The molecule has 0 bridgehead atoms. The molecule has 8 heteroatoms. The molecule has 2 aromatic carbocycles. The molecule has 0 saturated heterocycles. The maximum Gasteiger partial charge on any atom is 0.175 e. The number of halogens is 1. The first-order valence-electron chi connectivity index (χ1n) is 8.23. The molecule has 7 nitrogen and oxygen atoms in total. The average molecular weight is 360 g/mol. The highest BCUT2D eigenvalue weighted by Crippen LogP contribution is 2.30. The van der Waals surface area contributed by atoms with Crippen molar-refractivity contribution in [3.8, 4) is 22.8 Å². The number of nitrogens with zero attached hydrogens (tertiary/aromatic N) is 6. The largest absolute Gasteiger partial charge is 0.496 e. The molecule has 0 spiro atoms. The van der Waals surface area contributed by atoms with Gasteiger partial charge in [-0.25, -0.2) is 14.1 Å². The number of hydrogen-bond donors (Lipinski definition) is 0. The summed E-state index contributed by atoms with van der Waals surface area (Å²) in [6.07, 6.45) is 3.34. The molecule has 3 heterocycles. The number of aromatic nitrogens is 6. The Bertz CT molecular complexity index is 1270. The summed E-state index contributed by atoms with van der Waals surface area (Å²) in [5.41, 5.74) is 2.79. The first-order valence-corrected chi connectivity index (χ1v) is 8.23. The summed E-state index contributed by atoms with van der Waals surface area (Å²) in [5.74, 6) is 1.03. The third kappa shape index (κ3) is 2.34. The Morgan fingerprint density at radius 1 is 0.963 bits per heavy atom. The summed E-state index contributed by atoms with van der Waals surface area (Å²) in [4.78, 5) is 4.53. The van der Waals surface area contributed by atoms with E-state index >= 15 is 0 Å². The normalized spacial score (nSPS) is 11.3. The van der Waals surface area contributed by atoms with Crippen LogP contribution in [0.3, 0.4) is 0 Å². The molecule has 0 unspecified atom stereocenters. The van der Waals surface area contributed by atoms with Crippen LogP contribution in [0.5, 0.6) is 5.75 Å². The fourth-order valence-corrected chi connectivity index (χ4v) is 3.11. The number of rotatable bonds is 3. The SMILES string of the molecule is COc1ccccc1-c1nnc2c3cnn(-c4ccc(F)cc4)c3ncn12. The summed E-state index contributed by atoms with van der Waals surface area (Å²) in [6.45, 7) is 0. The van der Waals surface area contributed by atoms with Gasteiger partial charge in [0.1, 0.15) is 17.9 Å². The zero-order valence-corrected chi connectivity index (χ0v) is 14.2. The molecule has 0 atom stereocenters. The quantitative estimate of drug-likeness (QED) is 0.494. The van der Waals surface area contributed by atoms with Gasteiger partial charge < -0.3 is 4.74 Å². The lowest BCUT2D eigenvalue weighted by atomic mass is 10.2. The van der Waals surface area contributed by atoms with E-state index in [9.17, 15) is 4.39 Å². The van der Waals surface area contributed by atoms with Crippen molar-refractivity contribution in [3.63, 3.8) is 0 Å². The summed E-state index contributed by atoms with van der Waals surface area (Å²) < 4.78 is 22.1. The predicted octanol–water partition coefficient (Wildman–Crippen LogP) is 3.28. The first-order chi connectivity index (χ1) is 13.3. The molecule has 5 rings (SSSR count). The van der Waals surface area contributed by atoms with Crippen LogP contribution in [0.2, 0.25) is 0 Å². The lowest BCUT2D eigenvalue weighted by Crippen LogP contribution is -1.99. The summed E-state index contributed by atoms with van der Waals surface area (Å²) in [6, 6.07) is 13.7. The van der Waals surface area contributed by atoms with Gasteiger partial charge in [0.05, 0.1) is 29.9 Å². The van der Waals surface area contributed by atoms with Gasteiger partial charge in [0, 0.05) is 0 Å². The topological polar surface area (TPSA) is 70.1 Å². The molecule has 3 aromatic heterocycles. The second-order valence-corrected chi connectivity index (χ2v) is 5.93. The molecule has 0 aliphatic rings. The van der Waals surface area contributed by atoms with Gasteiger partial charge in [-0.3, -0.25) is 4.40 Å². The molecule has 0 aliphatic carbocycles. The summed E-state index contributed by atoms with van der Waals surface area (Å²) >= 11 is 0. The molecule has 0 radical (unpaired) electrons. The Balaban J connectivity index is 1.71. The maximum absolute atomic E-state index is 13.2. The lowest BCUT2D eigenvalue weighted by molar-refractivity contribution is 0.416. The molecule has 0 fully saturated rings. The van der Waals surface area contributed by atoms with Gasteiger partial charge in [0.25, 0.3) is 0 Å². The smallest absolute Gasteiger partial charge is 0.175 e. The third-order valence-corrected chi connectivity index (χ3v) is 4.40. The van der Waals surface area contributed by atoms with E-state index in [1.165, 1.54) is 12.1 Å². The Hall–Kier alpha value is -3.81. The summed E-state index contributed by atoms with van der Waals surface area (Å²) in [5, 5.41) is 13.8. The van der Waals surface area contributed by atoms with Crippen molar-refractivity contribution in [1.29, 1.82) is 0 Å². The van der Waals surface area contributed by atoms with E-state index < -0.39 is 0 Å². The predicted molar refractivity (Wildman–Crippen MR) is 97.4 cm³/mol.